The Labute approximate surface area is 197 Å². The van der Waals surface area contributed by atoms with Crippen molar-refractivity contribution in [2.24, 2.45) is 0 Å². The number of carbonyl (C=O) groups excluding carboxylic acids is 2. The number of rotatable bonds is 7. The molecule has 0 unspecified atom stereocenters. The molecule has 2 saturated heterocycles. The third-order valence-electron chi connectivity index (χ3n) is 5.80. The predicted molar refractivity (Wildman–Crippen MR) is 125 cm³/mol. The molecule has 1 aromatic carbocycles. The van der Waals surface area contributed by atoms with Crippen molar-refractivity contribution < 1.29 is 22.7 Å². The maximum absolute atomic E-state index is 13.1. The van der Waals surface area contributed by atoms with Gasteiger partial charge in [-0.15, -0.1) is 11.3 Å². The highest BCUT2D eigenvalue weighted by Gasteiger charge is 2.38. The molecule has 2 aromatic rings. The Morgan fingerprint density at radius 3 is 2.55 bits per heavy atom. The molecule has 0 aliphatic carbocycles. The number of benzene rings is 1. The van der Waals surface area contributed by atoms with E-state index in [-0.39, 0.29) is 22.9 Å². The minimum atomic E-state index is -3.74. The number of hydrogen-bond acceptors (Lipinski definition) is 8. The van der Waals surface area contributed by atoms with E-state index in [1.165, 1.54) is 29.7 Å². The van der Waals surface area contributed by atoms with Crippen molar-refractivity contribution >= 4 is 44.2 Å². The van der Waals surface area contributed by atoms with Crippen molar-refractivity contribution in [3.05, 3.63) is 35.8 Å². The quantitative estimate of drug-likeness (QED) is 0.607. The smallest absolute Gasteiger partial charge is 0.407 e. The normalized spacial score (nSPS) is 20.1. The average molecular weight is 494 g/mol. The zero-order valence-corrected chi connectivity index (χ0v) is 19.9. The Kier molecular flexibility index (Phi) is 7.15. The number of nitrogens with one attached hydrogen (secondary N) is 2. The first kappa shape index (κ1) is 23.5. The van der Waals surface area contributed by atoms with Gasteiger partial charge in [-0.2, -0.15) is 0 Å². The van der Waals surface area contributed by atoms with Crippen molar-refractivity contribution in [1.82, 2.24) is 15.2 Å². The second-order valence-corrected chi connectivity index (χ2v) is 10.5. The van der Waals surface area contributed by atoms with E-state index < -0.39 is 16.1 Å². The van der Waals surface area contributed by atoms with E-state index in [0.717, 1.165) is 0 Å². The number of hydrogen-bond donors (Lipinski definition) is 2. The van der Waals surface area contributed by atoms with E-state index in [1.807, 2.05) is 6.92 Å². The first-order valence-electron chi connectivity index (χ1n) is 10.9. The molecule has 4 rings (SSSR count). The van der Waals surface area contributed by atoms with E-state index in [2.05, 4.69) is 19.9 Å². The molecular weight excluding hydrogens is 466 g/mol. The van der Waals surface area contributed by atoms with Crippen LogP contribution in [0.15, 0.2) is 40.7 Å². The Hall–Kier alpha value is -2.70. The maximum atomic E-state index is 13.1. The van der Waals surface area contributed by atoms with Gasteiger partial charge in [0.15, 0.2) is 5.13 Å². The van der Waals surface area contributed by atoms with Crippen LogP contribution in [-0.4, -0.2) is 68.6 Å². The molecule has 0 bridgehead atoms. The lowest BCUT2D eigenvalue weighted by Gasteiger charge is -2.34. The summed E-state index contributed by atoms with van der Waals surface area (Å²) >= 11 is 1.20. The number of alkyl carbamates (subject to hydrolysis) is 1. The van der Waals surface area contributed by atoms with Gasteiger partial charge in [0.05, 0.1) is 10.9 Å². The molecule has 1 atom stereocenters. The Bertz CT molecular complexity index is 1070. The average Bonchev–Trinajstić information content (AvgIpc) is 3.44. The fourth-order valence-electron chi connectivity index (χ4n) is 4.16. The van der Waals surface area contributed by atoms with E-state index in [1.54, 1.807) is 22.4 Å². The van der Waals surface area contributed by atoms with Crippen LogP contribution in [-0.2, 0) is 19.6 Å². The Morgan fingerprint density at radius 1 is 1.18 bits per heavy atom. The number of piperidine rings is 1. The Morgan fingerprint density at radius 2 is 1.91 bits per heavy atom. The monoisotopic (exact) mass is 493 g/mol. The van der Waals surface area contributed by atoms with Gasteiger partial charge in [0.25, 0.3) is 10.0 Å². The van der Waals surface area contributed by atoms with Gasteiger partial charge in [0.1, 0.15) is 6.10 Å². The largest absolute Gasteiger partial charge is 0.446 e. The van der Waals surface area contributed by atoms with Crippen LogP contribution < -0.4 is 14.9 Å². The fraction of sp³-hybridized carbons (Fsp3) is 0.476. The summed E-state index contributed by atoms with van der Waals surface area (Å²) < 4.78 is 32.9. The van der Waals surface area contributed by atoms with Gasteiger partial charge in [0.2, 0.25) is 5.91 Å². The standard InChI is InChI=1S/C21H27N5O5S2/c1-2-22-21(28)31-16-7-11-25(12-8-16)18-9-13-26(19(18)27)15-3-5-17(6-4-15)33(29,30)24-20-23-10-14-32-20/h3-6,10,14,16,18H,2,7-9,11-13H2,1H3,(H,22,28)(H,23,24)/t18-/m0/s1. The van der Waals surface area contributed by atoms with Crippen molar-refractivity contribution in [3.8, 4) is 0 Å². The van der Waals surface area contributed by atoms with Crippen molar-refractivity contribution in [2.75, 3.05) is 35.8 Å². The second-order valence-electron chi connectivity index (χ2n) is 7.90. The van der Waals surface area contributed by atoms with Crippen LogP contribution in [0.1, 0.15) is 26.2 Å². The fourth-order valence-corrected chi connectivity index (χ4v) is 5.94. The molecule has 3 heterocycles. The third-order valence-corrected chi connectivity index (χ3v) is 7.97. The van der Waals surface area contributed by atoms with E-state index >= 15 is 0 Å². The maximum Gasteiger partial charge on any atom is 0.407 e. The lowest BCUT2D eigenvalue weighted by molar-refractivity contribution is -0.122. The molecule has 2 amide bonds. The molecule has 1 aromatic heterocycles. The number of amides is 2. The van der Waals surface area contributed by atoms with E-state index in [4.69, 9.17) is 4.74 Å². The van der Waals surface area contributed by atoms with Crippen LogP contribution >= 0.6 is 11.3 Å². The molecule has 0 spiro atoms. The summed E-state index contributed by atoms with van der Waals surface area (Å²) in [5, 5.41) is 4.63. The van der Waals surface area contributed by atoms with Crippen LogP contribution in [0.4, 0.5) is 15.6 Å². The number of nitrogens with zero attached hydrogens (tertiary/aromatic N) is 3. The van der Waals surface area contributed by atoms with Gasteiger partial charge in [0, 0.05) is 43.4 Å². The highest BCUT2D eigenvalue weighted by molar-refractivity contribution is 7.93. The summed E-state index contributed by atoms with van der Waals surface area (Å²) in [7, 11) is -3.74. The Balaban J connectivity index is 1.34. The summed E-state index contributed by atoms with van der Waals surface area (Å²) in [6.45, 7) is 4.32. The first-order valence-corrected chi connectivity index (χ1v) is 13.3. The number of aromatic nitrogens is 1. The topological polar surface area (TPSA) is 121 Å². The van der Waals surface area contributed by atoms with E-state index in [9.17, 15) is 18.0 Å². The zero-order valence-electron chi connectivity index (χ0n) is 18.3. The molecule has 178 valence electrons. The highest BCUT2D eigenvalue weighted by Crippen LogP contribution is 2.28. The number of ether oxygens (including phenoxy) is 1. The molecule has 2 aliphatic heterocycles. The molecule has 33 heavy (non-hydrogen) atoms. The van der Waals surface area contributed by atoms with Gasteiger partial charge < -0.3 is 15.0 Å². The lowest BCUT2D eigenvalue weighted by atomic mass is 10.0. The number of anilines is 2. The highest BCUT2D eigenvalue weighted by atomic mass is 32.2. The summed E-state index contributed by atoms with van der Waals surface area (Å²) in [5.41, 5.74) is 0.671. The van der Waals surface area contributed by atoms with Gasteiger partial charge >= 0.3 is 6.09 Å². The minimum absolute atomic E-state index is 0.00890. The van der Waals surface area contributed by atoms with Crippen LogP contribution in [0.25, 0.3) is 0 Å². The van der Waals surface area contributed by atoms with Crippen molar-refractivity contribution in [3.63, 3.8) is 0 Å². The minimum Gasteiger partial charge on any atom is -0.446 e. The molecule has 0 saturated carbocycles. The molecule has 2 fully saturated rings. The number of thiazole rings is 1. The first-order chi connectivity index (χ1) is 15.9. The molecule has 12 heteroatoms. The molecule has 10 nitrogen and oxygen atoms in total. The SMILES string of the molecule is CCNC(=O)OC1CCN([C@H]2CCN(c3ccc(S(=O)(=O)Nc4nccs4)cc3)C2=O)CC1. The summed E-state index contributed by atoms with van der Waals surface area (Å²) in [4.78, 5) is 32.6. The number of likely N-dealkylation sites (tertiary alicyclic amines) is 1. The van der Waals surface area contributed by atoms with Crippen molar-refractivity contribution in [2.45, 2.75) is 43.2 Å². The summed E-state index contributed by atoms with van der Waals surface area (Å²) in [6, 6.07) is 6.09. The van der Waals surface area contributed by atoms with Crippen LogP contribution in [0.3, 0.4) is 0 Å². The van der Waals surface area contributed by atoms with Gasteiger partial charge in [-0.05, 0) is 50.5 Å². The van der Waals surface area contributed by atoms with Gasteiger partial charge in [-0.3, -0.25) is 14.4 Å². The zero-order chi connectivity index (χ0) is 23.4. The summed E-state index contributed by atoms with van der Waals surface area (Å²) in [6.07, 6.45) is 3.09. The molecular formula is C21H27N5O5S2. The molecule has 0 radical (unpaired) electrons. The number of carbonyl (C=O) groups is 2. The predicted octanol–water partition coefficient (Wildman–Crippen LogP) is 2.26. The van der Waals surface area contributed by atoms with Crippen LogP contribution in [0.2, 0.25) is 0 Å². The van der Waals surface area contributed by atoms with Gasteiger partial charge in [-0.1, -0.05) is 0 Å². The number of sulfonamides is 1. The van der Waals surface area contributed by atoms with Crippen molar-refractivity contribution in [1.29, 1.82) is 0 Å². The molecule has 2 aliphatic rings. The van der Waals surface area contributed by atoms with Crippen LogP contribution in [0.5, 0.6) is 0 Å². The van der Waals surface area contributed by atoms with Gasteiger partial charge in [-0.25, -0.2) is 18.2 Å². The second kappa shape index (κ2) is 10.1. The lowest BCUT2D eigenvalue weighted by Crippen LogP contribution is -2.47. The van der Waals surface area contributed by atoms with Crippen LogP contribution in [0, 0.1) is 0 Å². The van der Waals surface area contributed by atoms with E-state index in [0.29, 0.717) is 56.3 Å². The third kappa shape index (κ3) is 5.45. The summed E-state index contributed by atoms with van der Waals surface area (Å²) in [5.74, 6) is 0.00890. The molecule has 2 N–H and O–H groups in total.